The largest absolute Gasteiger partial charge is 0.411 e. The van der Waals surface area contributed by atoms with Gasteiger partial charge in [-0.15, -0.1) is 12.6 Å². The van der Waals surface area contributed by atoms with Crippen molar-refractivity contribution in [1.29, 1.82) is 0 Å². The van der Waals surface area contributed by atoms with Gasteiger partial charge in [-0.3, -0.25) is 4.79 Å². The minimum Gasteiger partial charge on any atom is -0.370 e. The van der Waals surface area contributed by atoms with Gasteiger partial charge < -0.3 is 10.1 Å². The number of rotatable bonds is 5. The molecule has 1 rings (SSSR count). The minimum atomic E-state index is -4.39. The highest BCUT2D eigenvalue weighted by Gasteiger charge is 2.27. The topological polar surface area (TPSA) is 38.3 Å². The molecule has 0 saturated carbocycles. The van der Waals surface area contributed by atoms with Crippen LogP contribution in [-0.2, 0) is 4.74 Å². The molecule has 1 aromatic carbocycles. The summed E-state index contributed by atoms with van der Waals surface area (Å²) in [5.74, 6) is -1.10. The summed E-state index contributed by atoms with van der Waals surface area (Å²) in [6.45, 7) is -1.70. The Bertz CT molecular complexity index is 451. The highest BCUT2D eigenvalue weighted by atomic mass is 32.1. The fourth-order valence-corrected chi connectivity index (χ4v) is 1.39. The van der Waals surface area contributed by atoms with E-state index in [9.17, 15) is 22.4 Å². The van der Waals surface area contributed by atoms with E-state index in [1.807, 2.05) is 0 Å². The average molecular weight is 297 g/mol. The minimum absolute atomic E-state index is 0.0148. The second kappa shape index (κ2) is 6.76. The fraction of sp³-hybridized carbons (Fsp3) is 0.364. The smallest absolute Gasteiger partial charge is 0.370 e. The summed E-state index contributed by atoms with van der Waals surface area (Å²) in [5, 5.41) is 2.34. The van der Waals surface area contributed by atoms with E-state index in [-0.39, 0.29) is 23.6 Å². The van der Waals surface area contributed by atoms with Gasteiger partial charge in [0, 0.05) is 17.0 Å². The first-order chi connectivity index (χ1) is 8.79. The van der Waals surface area contributed by atoms with Crippen molar-refractivity contribution in [3.05, 3.63) is 29.6 Å². The van der Waals surface area contributed by atoms with Crippen molar-refractivity contribution in [2.45, 2.75) is 11.1 Å². The molecule has 0 radical (unpaired) electrons. The Kier molecular flexibility index (Phi) is 5.61. The molecular weight excluding hydrogens is 286 g/mol. The molecule has 0 aromatic heterocycles. The van der Waals surface area contributed by atoms with Crippen LogP contribution in [-0.4, -0.2) is 31.8 Å². The molecule has 1 N–H and O–H groups in total. The van der Waals surface area contributed by atoms with Crippen LogP contribution in [0.4, 0.5) is 17.6 Å². The van der Waals surface area contributed by atoms with E-state index >= 15 is 0 Å². The standard InChI is InChI=1S/C11H11F4NO2S/c12-8-2-1-7(5-9(8)19)10(17)16-3-4-18-6-11(13,14)15/h1-2,5,19H,3-4,6H2,(H,16,17). The van der Waals surface area contributed by atoms with E-state index in [0.29, 0.717) is 0 Å². The summed E-state index contributed by atoms with van der Waals surface area (Å²) in [4.78, 5) is 11.5. The Balaban J connectivity index is 2.33. The molecule has 0 aliphatic heterocycles. The number of halogens is 4. The third kappa shape index (κ3) is 5.93. The average Bonchev–Trinajstić information content (AvgIpc) is 2.30. The predicted molar refractivity (Wildman–Crippen MR) is 62.9 cm³/mol. The molecule has 0 aliphatic carbocycles. The normalized spacial score (nSPS) is 11.4. The number of benzene rings is 1. The first-order valence-corrected chi connectivity index (χ1v) is 5.65. The van der Waals surface area contributed by atoms with Crippen molar-refractivity contribution in [3.8, 4) is 0 Å². The van der Waals surface area contributed by atoms with Gasteiger partial charge in [-0.05, 0) is 18.2 Å². The van der Waals surface area contributed by atoms with Crippen LogP contribution >= 0.6 is 12.6 Å². The lowest BCUT2D eigenvalue weighted by Gasteiger charge is -2.08. The molecule has 106 valence electrons. The third-order valence-electron chi connectivity index (χ3n) is 2.01. The highest BCUT2D eigenvalue weighted by Crippen LogP contribution is 2.15. The number of hydrogen-bond acceptors (Lipinski definition) is 3. The molecule has 0 saturated heterocycles. The maximum atomic E-state index is 12.9. The van der Waals surface area contributed by atoms with Crippen LogP contribution in [0.15, 0.2) is 23.1 Å². The third-order valence-corrected chi connectivity index (χ3v) is 2.35. The van der Waals surface area contributed by atoms with Crippen LogP contribution in [0.2, 0.25) is 0 Å². The zero-order valence-electron chi connectivity index (χ0n) is 9.63. The van der Waals surface area contributed by atoms with Gasteiger partial charge in [0.25, 0.3) is 5.91 Å². The SMILES string of the molecule is O=C(NCCOCC(F)(F)F)c1ccc(F)c(S)c1. The lowest BCUT2D eigenvalue weighted by Crippen LogP contribution is -2.28. The van der Waals surface area contributed by atoms with E-state index < -0.39 is 24.5 Å². The second-order valence-corrected chi connectivity index (χ2v) is 4.07. The van der Waals surface area contributed by atoms with Crippen LogP contribution in [0.3, 0.4) is 0 Å². The Morgan fingerprint density at radius 3 is 2.63 bits per heavy atom. The summed E-state index contributed by atoms with van der Waals surface area (Å²) < 4.78 is 52.4. The fourth-order valence-electron chi connectivity index (χ4n) is 1.18. The molecular formula is C11H11F4NO2S. The summed E-state index contributed by atoms with van der Waals surface area (Å²) >= 11 is 3.81. The van der Waals surface area contributed by atoms with E-state index in [4.69, 9.17) is 0 Å². The van der Waals surface area contributed by atoms with E-state index in [2.05, 4.69) is 22.7 Å². The number of alkyl halides is 3. The van der Waals surface area contributed by atoms with E-state index in [1.165, 1.54) is 12.1 Å². The van der Waals surface area contributed by atoms with Gasteiger partial charge in [0.15, 0.2) is 0 Å². The van der Waals surface area contributed by atoms with Gasteiger partial charge >= 0.3 is 6.18 Å². The van der Waals surface area contributed by atoms with Crippen molar-refractivity contribution >= 4 is 18.5 Å². The zero-order chi connectivity index (χ0) is 14.5. The lowest BCUT2D eigenvalue weighted by molar-refractivity contribution is -0.173. The van der Waals surface area contributed by atoms with Gasteiger partial charge in [0.2, 0.25) is 0 Å². The summed E-state index contributed by atoms with van der Waals surface area (Å²) in [6, 6.07) is 3.56. The number of carbonyl (C=O) groups is 1. The molecule has 3 nitrogen and oxygen atoms in total. The molecule has 0 aliphatic rings. The first-order valence-electron chi connectivity index (χ1n) is 5.21. The quantitative estimate of drug-likeness (QED) is 0.498. The maximum Gasteiger partial charge on any atom is 0.411 e. The van der Waals surface area contributed by atoms with Crippen molar-refractivity contribution in [2.24, 2.45) is 0 Å². The lowest BCUT2D eigenvalue weighted by atomic mass is 10.2. The summed E-state index contributed by atoms with van der Waals surface area (Å²) in [6.07, 6.45) is -4.39. The highest BCUT2D eigenvalue weighted by molar-refractivity contribution is 7.80. The molecule has 19 heavy (non-hydrogen) atoms. The zero-order valence-corrected chi connectivity index (χ0v) is 10.5. The van der Waals surface area contributed by atoms with Crippen molar-refractivity contribution in [1.82, 2.24) is 5.32 Å². The summed E-state index contributed by atoms with van der Waals surface area (Å²) in [5.41, 5.74) is 0.169. The molecule has 0 heterocycles. The van der Waals surface area contributed by atoms with Crippen molar-refractivity contribution < 1.29 is 27.1 Å². The Hall–Kier alpha value is -1.28. The molecule has 8 heteroatoms. The number of ether oxygens (including phenoxy) is 1. The molecule has 0 spiro atoms. The van der Waals surface area contributed by atoms with Gasteiger partial charge in [-0.2, -0.15) is 13.2 Å². The van der Waals surface area contributed by atoms with Crippen LogP contribution in [0.5, 0.6) is 0 Å². The summed E-state index contributed by atoms with van der Waals surface area (Å²) in [7, 11) is 0. The first kappa shape index (κ1) is 15.8. The molecule has 0 bridgehead atoms. The number of carbonyl (C=O) groups excluding carboxylic acids is 1. The van der Waals surface area contributed by atoms with Gasteiger partial charge in [0.05, 0.1) is 6.61 Å². The maximum absolute atomic E-state index is 12.9. The van der Waals surface area contributed by atoms with Crippen LogP contribution in [0.1, 0.15) is 10.4 Å². The predicted octanol–water partition coefficient (Wildman–Crippen LogP) is 2.42. The number of nitrogens with one attached hydrogen (secondary N) is 1. The number of amides is 1. The molecule has 0 unspecified atom stereocenters. The molecule has 1 amide bonds. The second-order valence-electron chi connectivity index (χ2n) is 3.59. The van der Waals surface area contributed by atoms with Crippen LogP contribution < -0.4 is 5.32 Å². The molecule has 0 atom stereocenters. The van der Waals surface area contributed by atoms with Gasteiger partial charge in [0.1, 0.15) is 12.4 Å². The molecule has 1 aromatic rings. The monoisotopic (exact) mass is 297 g/mol. The van der Waals surface area contributed by atoms with Crippen molar-refractivity contribution in [3.63, 3.8) is 0 Å². The van der Waals surface area contributed by atoms with E-state index in [1.54, 1.807) is 0 Å². The Morgan fingerprint density at radius 2 is 2.05 bits per heavy atom. The van der Waals surface area contributed by atoms with Crippen LogP contribution in [0, 0.1) is 5.82 Å². The van der Waals surface area contributed by atoms with Crippen LogP contribution in [0.25, 0.3) is 0 Å². The van der Waals surface area contributed by atoms with Gasteiger partial charge in [-0.1, -0.05) is 0 Å². The van der Waals surface area contributed by atoms with Gasteiger partial charge in [-0.25, -0.2) is 4.39 Å². The molecule has 0 fully saturated rings. The van der Waals surface area contributed by atoms with Crippen molar-refractivity contribution in [2.75, 3.05) is 19.8 Å². The number of hydrogen-bond donors (Lipinski definition) is 2. The number of thiol groups is 1. The Labute approximate surface area is 112 Å². The van der Waals surface area contributed by atoms with E-state index in [0.717, 1.165) is 6.07 Å². The Morgan fingerprint density at radius 1 is 1.37 bits per heavy atom.